The highest BCUT2D eigenvalue weighted by Gasteiger charge is 2.28. The topological polar surface area (TPSA) is 102 Å². The van der Waals surface area contributed by atoms with Crippen molar-refractivity contribution >= 4 is 27.5 Å². The van der Waals surface area contributed by atoms with E-state index in [2.05, 4.69) is 5.32 Å². The van der Waals surface area contributed by atoms with E-state index in [0.717, 1.165) is 6.07 Å². The molecule has 0 aliphatic carbocycles. The van der Waals surface area contributed by atoms with Gasteiger partial charge in [-0.3, -0.25) is 9.59 Å². The number of benzene rings is 2. The summed E-state index contributed by atoms with van der Waals surface area (Å²) in [5.41, 5.74) is 0.560. The van der Waals surface area contributed by atoms with Crippen molar-refractivity contribution in [1.29, 1.82) is 0 Å². The Hall–Kier alpha value is -2.94. The average molecular weight is 392 g/mol. The van der Waals surface area contributed by atoms with Crippen LogP contribution in [0.1, 0.15) is 18.9 Å². The first-order valence-electron chi connectivity index (χ1n) is 8.20. The minimum absolute atomic E-state index is 0.201. The molecule has 0 radical (unpaired) electrons. The van der Waals surface area contributed by atoms with Gasteiger partial charge in [0.15, 0.2) is 6.10 Å². The van der Waals surface area contributed by atoms with Crippen molar-refractivity contribution in [2.45, 2.75) is 30.8 Å². The van der Waals surface area contributed by atoms with Gasteiger partial charge in [-0.1, -0.05) is 19.1 Å². The molecular weight excluding hydrogens is 375 g/mol. The summed E-state index contributed by atoms with van der Waals surface area (Å²) in [5.74, 6) is -1.33. The molecular formula is C18H17FN2O5S. The molecule has 0 fully saturated rings. The molecule has 1 aliphatic heterocycles. The number of rotatable bonds is 5. The van der Waals surface area contributed by atoms with Gasteiger partial charge in [0.1, 0.15) is 11.6 Å². The fourth-order valence-electron chi connectivity index (χ4n) is 2.64. The Labute approximate surface area is 155 Å². The maximum Gasteiger partial charge on any atom is 0.265 e. The molecule has 7 nitrogen and oxygen atoms in total. The maximum atomic E-state index is 13.2. The van der Waals surface area contributed by atoms with Crippen LogP contribution < -0.4 is 14.8 Å². The Bertz CT molecular complexity index is 1010. The summed E-state index contributed by atoms with van der Waals surface area (Å²) in [6, 6.07) is 9.25. The third kappa shape index (κ3) is 4.25. The molecule has 2 N–H and O–H groups in total. The van der Waals surface area contributed by atoms with E-state index in [4.69, 9.17) is 4.74 Å². The highest BCUT2D eigenvalue weighted by Crippen LogP contribution is 2.32. The molecule has 2 amide bonds. The van der Waals surface area contributed by atoms with Gasteiger partial charge < -0.3 is 10.1 Å². The van der Waals surface area contributed by atoms with Gasteiger partial charge in [0.05, 0.1) is 17.0 Å². The fraction of sp³-hybridized carbons (Fsp3) is 0.222. The van der Waals surface area contributed by atoms with Crippen molar-refractivity contribution in [2.75, 3.05) is 5.32 Å². The van der Waals surface area contributed by atoms with Crippen LogP contribution in [0, 0.1) is 5.82 Å². The van der Waals surface area contributed by atoms with Gasteiger partial charge in [-0.25, -0.2) is 17.5 Å². The lowest BCUT2D eigenvalue weighted by Crippen LogP contribution is -2.36. The molecule has 3 rings (SSSR count). The summed E-state index contributed by atoms with van der Waals surface area (Å²) in [6.45, 7) is 1.79. The largest absolute Gasteiger partial charge is 0.478 e. The average Bonchev–Trinajstić information content (AvgIpc) is 2.60. The minimum atomic E-state index is -4.16. The Morgan fingerprint density at radius 3 is 2.74 bits per heavy atom. The van der Waals surface area contributed by atoms with Gasteiger partial charge >= 0.3 is 0 Å². The van der Waals surface area contributed by atoms with Gasteiger partial charge in [-0.05, 0) is 42.3 Å². The molecule has 2 aromatic carbocycles. The normalized spacial score (nSPS) is 16.1. The third-order valence-corrected chi connectivity index (χ3v) is 5.32. The molecule has 0 spiro atoms. The van der Waals surface area contributed by atoms with Gasteiger partial charge in [0.25, 0.3) is 15.9 Å². The van der Waals surface area contributed by atoms with E-state index in [9.17, 15) is 22.4 Å². The summed E-state index contributed by atoms with van der Waals surface area (Å²) in [6.07, 6.45) is -0.451. The second-order valence-corrected chi connectivity index (χ2v) is 7.68. The van der Waals surface area contributed by atoms with Crippen molar-refractivity contribution in [3.05, 3.63) is 53.8 Å². The van der Waals surface area contributed by atoms with E-state index in [1.54, 1.807) is 6.92 Å². The van der Waals surface area contributed by atoms with Gasteiger partial charge in [-0.2, -0.15) is 0 Å². The number of hydrogen-bond donors (Lipinski definition) is 2. The quantitative estimate of drug-likeness (QED) is 0.810. The van der Waals surface area contributed by atoms with Crippen LogP contribution in [0.25, 0.3) is 0 Å². The third-order valence-electron chi connectivity index (χ3n) is 3.95. The summed E-state index contributed by atoms with van der Waals surface area (Å²) < 4.78 is 45.5. The standard InChI is InChI=1S/C18H17FN2O5S/c1-2-15-18(23)20-14-10-13(6-7-16(14)26-15)27(24,25)21-17(22)9-11-4-3-5-12(19)8-11/h3-8,10,15H,2,9H2,1H3,(H,20,23)(H,21,22). The van der Waals surface area contributed by atoms with E-state index in [-0.39, 0.29) is 22.9 Å². The van der Waals surface area contributed by atoms with Crippen LogP contribution in [-0.2, 0) is 26.0 Å². The summed E-state index contributed by atoms with van der Waals surface area (Å²) in [7, 11) is -4.16. The lowest BCUT2D eigenvalue weighted by atomic mass is 10.1. The number of amides is 2. The first-order valence-corrected chi connectivity index (χ1v) is 9.68. The minimum Gasteiger partial charge on any atom is -0.478 e. The number of fused-ring (bicyclic) bond motifs is 1. The molecule has 0 saturated carbocycles. The molecule has 0 aromatic heterocycles. The van der Waals surface area contributed by atoms with Crippen molar-refractivity contribution in [3.8, 4) is 5.75 Å². The van der Waals surface area contributed by atoms with Gasteiger partial charge in [-0.15, -0.1) is 0 Å². The fourth-order valence-corrected chi connectivity index (χ4v) is 3.65. The van der Waals surface area contributed by atoms with E-state index in [1.165, 1.54) is 36.4 Å². The summed E-state index contributed by atoms with van der Waals surface area (Å²) in [5, 5.41) is 2.59. The van der Waals surface area contributed by atoms with Crippen LogP contribution in [0.5, 0.6) is 5.75 Å². The first kappa shape index (κ1) is 18.8. The SMILES string of the molecule is CCC1Oc2ccc(S(=O)(=O)NC(=O)Cc3cccc(F)c3)cc2NC1=O. The Balaban J connectivity index is 1.76. The van der Waals surface area contributed by atoms with Gasteiger partial charge in [0, 0.05) is 0 Å². The van der Waals surface area contributed by atoms with Crippen LogP contribution >= 0.6 is 0 Å². The lowest BCUT2D eigenvalue weighted by molar-refractivity contribution is -0.123. The smallest absolute Gasteiger partial charge is 0.265 e. The number of hydrogen-bond acceptors (Lipinski definition) is 5. The predicted octanol–water partition coefficient (Wildman–Crippen LogP) is 1.98. The Morgan fingerprint density at radius 1 is 1.26 bits per heavy atom. The van der Waals surface area contributed by atoms with E-state index < -0.39 is 27.9 Å². The molecule has 1 heterocycles. The monoisotopic (exact) mass is 392 g/mol. The number of carbonyl (C=O) groups is 2. The second kappa shape index (κ2) is 7.36. The van der Waals surface area contributed by atoms with Crippen LogP contribution in [-0.4, -0.2) is 26.3 Å². The van der Waals surface area contributed by atoms with Crippen LogP contribution in [0.15, 0.2) is 47.4 Å². The Morgan fingerprint density at radius 2 is 2.04 bits per heavy atom. The zero-order chi connectivity index (χ0) is 19.6. The van der Waals surface area contributed by atoms with Crippen molar-refractivity contribution in [3.63, 3.8) is 0 Å². The number of carbonyl (C=O) groups excluding carboxylic acids is 2. The number of anilines is 1. The highest BCUT2D eigenvalue weighted by molar-refractivity contribution is 7.90. The lowest BCUT2D eigenvalue weighted by Gasteiger charge is -2.25. The van der Waals surface area contributed by atoms with Crippen LogP contribution in [0.2, 0.25) is 0 Å². The number of sulfonamides is 1. The zero-order valence-corrected chi connectivity index (χ0v) is 15.2. The predicted molar refractivity (Wildman–Crippen MR) is 95.2 cm³/mol. The zero-order valence-electron chi connectivity index (χ0n) is 14.4. The number of halogens is 1. The second-order valence-electron chi connectivity index (χ2n) is 6.00. The summed E-state index contributed by atoms with van der Waals surface area (Å²) in [4.78, 5) is 23.7. The number of nitrogens with one attached hydrogen (secondary N) is 2. The number of ether oxygens (including phenoxy) is 1. The Kier molecular flexibility index (Phi) is 5.13. The first-order chi connectivity index (χ1) is 12.8. The maximum absolute atomic E-state index is 13.2. The molecule has 0 bridgehead atoms. The molecule has 142 valence electrons. The molecule has 1 aliphatic rings. The highest BCUT2D eigenvalue weighted by atomic mass is 32.2. The molecule has 9 heteroatoms. The molecule has 2 aromatic rings. The van der Waals surface area contributed by atoms with Crippen molar-refractivity contribution in [2.24, 2.45) is 0 Å². The van der Waals surface area contributed by atoms with Gasteiger partial charge in [0.2, 0.25) is 5.91 Å². The van der Waals surface area contributed by atoms with Crippen molar-refractivity contribution < 1.29 is 27.1 Å². The van der Waals surface area contributed by atoms with Crippen LogP contribution in [0.3, 0.4) is 0 Å². The summed E-state index contributed by atoms with van der Waals surface area (Å²) >= 11 is 0. The van der Waals surface area contributed by atoms with E-state index in [0.29, 0.717) is 17.7 Å². The molecule has 27 heavy (non-hydrogen) atoms. The molecule has 1 unspecified atom stereocenters. The van der Waals surface area contributed by atoms with Crippen LogP contribution in [0.4, 0.5) is 10.1 Å². The van der Waals surface area contributed by atoms with Crippen molar-refractivity contribution in [1.82, 2.24) is 4.72 Å². The molecule has 0 saturated heterocycles. The van der Waals surface area contributed by atoms with E-state index >= 15 is 0 Å². The van der Waals surface area contributed by atoms with E-state index in [1.807, 2.05) is 4.72 Å². The molecule has 1 atom stereocenters.